The largest absolute Gasteiger partial charge is 0.300 e. The van der Waals surface area contributed by atoms with Gasteiger partial charge >= 0.3 is 0 Å². The number of fused-ring (bicyclic) bond motifs is 1. The van der Waals surface area contributed by atoms with Gasteiger partial charge in [0.05, 0.1) is 11.2 Å². The molecule has 2 aromatic heterocycles. The summed E-state index contributed by atoms with van der Waals surface area (Å²) in [7, 11) is 0. The zero-order chi connectivity index (χ0) is 19.9. The van der Waals surface area contributed by atoms with Crippen molar-refractivity contribution in [2.24, 2.45) is 5.41 Å². The predicted octanol–water partition coefficient (Wildman–Crippen LogP) is 7.10. The molecule has 3 nitrogen and oxygen atoms in total. The van der Waals surface area contributed by atoms with Gasteiger partial charge in [0.15, 0.2) is 0 Å². The molecule has 0 aromatic carbocycles. The van der Waals surface area contributed by atoms with Crippen molar-refractivity contribution in [1.29, 1.82) is 0 Å². The molecule has 0 saturated heterocycles. The Morgan fingerprint density at radius 3 is 2.35 bits per heavy atom. The Morgan fingerprint density at radius 2 is 1.92 bits per heavy atom. The summed E-state index contributed by atoms with van der Waals surface area (Å²) in [4.78, 5) is 10.8. The Morgan fingerprint density at radius 1 is 1.31 bits per heavy atom. The van der Waals surface area contributed by atoms with E-state index in [-0.39, 0.29) is 5.41 Å². The highest BCUT2D eigenvalue weighted by Gasteiger charge is 2.25. The van der Waals surface area contributed by atoms with E-state index in [1.54, 1.807) is 0 Å². The molecule has 1 fully saturated rings. The van der Waals surface area contributed by atoms with E-state index in [1.807, 2.05) is 37.5 Å². The second-order valence-corrected chi connectivity index (χ2v) is 8.85. The van der Waals surface area contributed by atoms with Gasteiger partial charge < -0.3 is 0 Å². The number of hydrogen-bond donors (Lipinski definition) is 0. The lowest BCUT2D eigenvalue weighted by atomic mass is 9.79. The summed E-state index contributed by atoms with van der Waals surface area (Å²) in [6.45, 7) is 14.3. The number of halogens is 1. The van der Waals surface area contributed by atoms with Crippen LogP contribution >= 0.6 is 15.9 Å². The maximum Gasteiger partial charge on any atom is 0.133 e. The third-order valence-corrected chi connectivity index (χ3v) is 4.95. The van der Waals surface area contributed by atoms with Crippen LogP contribution in [0, 0.1) is 12.3 Å². The van der Waals surface area contributed by atoms with Gasteiger partial charge in [-0.25, -0.2) is 4.52 Å². The molecule has 1 saturated carbocycles. The molecule has 0 radical (unpaired) electrons. The smallest absolute Gasteiger partial charge is 0.133 e. The molecule has 0 amide bonds. The first-order valence-corrected chi connectivity index (χ1v) is 10.7. The van der Waals surface area contributed by atoms with Crippen LogP contribution in [0.5, 0.6) is 0 Å². The molecule has 26 heavy (non-hydrogen) atoms. The lowest BCUT2D eigenvalue weighted by Gasteiger charge is -2.25. The second-order valence-electron chi connectivity index (χ2n) is 7.93. The number of nitrogens with zero attached hydrogens (tertiary/aromatic N) is 2. The lowest BCUT2D eigenvalue weighted by Crippen LogP contribution is -2.11. The average Bonchev–Trinajstić information content (AvgIpc) is 2.83. The van der Waals surface area contributed by atoms with Crippen molar-refractivity contribution in [3.8, 4) is 0 Å². The molecule has 4 heteroatoms. The number of rotatable bonds is 3. The van der Waals surface area contributed by atoms with Gasteiger partial charge in [-0.3, -0.25) is 4.79 Å². The zero-order valence-electron chi connectivity index (χ0n) is 17.5. The van der Waals surface area contributed by atoms with Crippen LogP contribution in [0.4, 0.5) is 0 Å². The van der Waals surface area contributed by atoms with E-state index in [9.17, 15) is 4.79 Å². The summed E-state index contributed by atoms with van der Waals surface area (Å²) < 4.78 is 3.13. The van der Waals surface area contributed by atoms with E-state index in [2.05, 4.69) is 54.8 Å². The van der Waals surface area contributed by atoms with Gasteiger partial charge in [-0.15, -0.1) is 0 Å². The topological polar surface area (TPSA) is 34.4 Å². The predicted molar refractivity (Wildman–Crippen MR) is 115 cm³/mol. The van der Waals surface area contributed by atoms with Crippen LogP contribution in [0.25, 0.3) is 5.52 Å². The Bertz CT molecular complexity index is 709. The zero-order valence-corrected chi connectivity index (χ0v) is 19.1. The molecular weight excluding hydrogens is 388 g/mol. The lowest BCUT2D eigenvalue weighted by molar-refractivity contribution is -0.120. The van der Waals surface area contributed by atoms with E-state index in [0.29, 0.717) is 18.6 Å². The van der Waals surface area contributed by atoms with E-state index in [4.69, 9.17) is 0 Å². The van der Waals surface area contributed by atoms with Crippen LogP contribution < -0.4 is 0 Å². The van der Waals surface area contributed by atoms with E-state index in [1.165, 1.54) is 36.0 Å². The van der Waals surface area contributed by atoms with Crippen LogP contribution in [0.1, 0.15) is 90.8 Å². The first kappa shape index (κ1) is 22.9. The highest BCUT2D eigenvalue weighted by atomic mass is 79.9. The first-order valence-electron chi connectivity index (χ1n) is 9.87. The minimum absolute atomic E-state index is 0.174. The maximum absolute atomic E-state index is 10.8. The van der Waals surface area contributed by atoms with E-state index in [0.717, 1.165) is 10.4 Å². The average molecular weight is 423 g/mol. The van der Waals surface area contributed by atoms with Gasteiger partial charge in [0, 0.05) is 29.1 Å². The van der Waals surface area contributed by atoms with Crippen LogP contribution in [0.3, 0.4) is 0 Å². The van der Waals surface area contributed by atoms with E-state index >= 15 is 0 Å². The minimum atomic E-state index is 0.174. The molecule has 0 unspecified atom stereocenters. The number of hydrogen-bond acceptors (Lipinski definition) is 2. The molecule has 2 heterocycles. The normalized spacial score (nSPS) is 14.0. The Kier molecular flexibility index (Phi) is 9.02. The molecule has 0 bridgehead atoms. The van der Waals surface area contributed by atoms with Gasteiger partial charge in [0.1, 0.15) is 5.78 Å². The number of ketones is 1. The summed E-state index contributed by atoms with van der Waals surface area (Å²) in [5.74, 6) is 1.11. The second kappa shape index (κ2) is 10.2. The molecule has 0 spiro atoms. The van der Waals surface area contributed by atoms with Gasteiger partial charge in [0.25, 0.3) is 0 Å². The standard InChI is InChI=1S/C12H13BrN2.C8H16O.C2H6/c1-8-12(9-3-2-4-9)11-7-10(13)5-6-15(11)14-8;1-5-7(9)6-8(2,3)4;1-2/h5-7,9H,2-4H2,1H3;5-6H2,1-4H3;1-2H3. The van der Waals surface area contributed by atoms with Crippen molar-refractivity contribution >= 4 is 27.2 Å². The summed E-state index contributed by atoms with van der Waals surface area (Å²) in [5, 5.41) is 4.55. The Balaban J connectivity index is 0.000000268. The summed E-state index contributed by atoms with van der Waals surface area (Å²) in [6.07, 6.45) is 7.44. The Hall–Kier alpha value is -1.16. The number of carbonyl (C=O) groups is 1. The number of Topliss-reactive ketones (excluding diaryl/α,β-unsaturated/α-hetero) is 1. The van der Waals surface area contributed by atoms with Crippen molar-refractivity contribution in [1.82, 2.24) is 9.61 Å². The van der Waals surface area contributed by atoms with Gasteiger partial charge in [-0.05, 0) is 43.2 Å². The van der Waals surface area contributed by atoms with E-state index < -0.39 is 0 Å². The van der Waals surface area contributed by atoms with Gasteiger partial charge in [-0.1, -0.05) is 63.9 Å². The number of pyridine rings is 1. The quantitative estimate of drug-likeness (QED) is 0.528. The van der Waals surface area contributed by atoms with Gasteiger partial charge in [-0.2, -0.15) is 5.10 Å². The molecule has 0 atom stereocenters. The first-order chi connectivity index (χ1) is 12.2. The van der Waals surface area contributed by atoms with Crippen LogP contribution in [0.15, 0.2) is 22.8 Å². The van der Waals surface area contributed by atoms with Gasteiger partial charge in [0.2, 0.25) is 0 Å². The fourth-order valence-corrected chi connectivity index (χ4v) is 3.41. The maximum atomic E-state index is 10.8. The third kappa shape index (κ3) is 6.53. The summed E-state index contributed by atoms with van der Waals surface area (Å²) in [5.41, 5.74) is 4.10. The molecule has 0 N–H and O–H groups in total. The molecule has 1 aliphatic rings. The van der Waals surface area contributed by atoms with Crippen molar-refractivity contribution < 1.29 is 4.79 Å². The highest BCUT2D eigenvalue weighted by Crippen LogP contribution is 2.40. The molecule has 1 aliphatic carbocycles. The number of aryl methyl sites for hydroxylation is 1. The van der Waals surface area contributed by atoms with Crippen molar-refractivity contribution in [3.05, 3.63) is 34.1 Å². The fourth-order valence-electron chi connectivity index (χ4n) is 3.07. The molecule has 146 valence electrons. The van der Waals surface area contributed by atoms with Crippen LogP contribution in [-0.2, 0) is 4.79 Å². The van der Waals surface area contributed by atoms with Crippen molar-refractivity contribution in [2.45, 2.75) is 86.5 Å². The molecular formula is C22H35BrN2O. The summed E-state index contributed by atoms with van der Waals surface area (Å²) >= 11 is 3.52. The minimum Gasteiger partial charge on any atom is -0.300 e. The molecule has 0 aliphatic heterocycles. The SMILES string of the molecule is CC.CCC(=O)CC(C)(C)C.Cc1nn2ccc(Br)cc2c1C1CCC1. The van der Waals surface area contributed by atoms with Crippen molar-refractivity contribution in [2.75, 3.05) is 0 Å². The molecule has 2 aromatic rings. The highest BCUT2D eigenvalue weighted by molar-refractivity contribution is 9.10. The number of carbonyl (C=O) groups excluding carboxylic acids is 1. The number of aromatic nitrogens is 2. The monoisotopic (exact) mass is 422 g/mol. The fraction of sp³-hybridized carbons (Fsp3) is 0.636. The van der Waals surface area contributed by atoms with Crippen molar-refractivity contribution in [3.63, 3.8) is 0 Å². The third-order valence-electron chi connectivity index (χ3n) is 4.46. The van der Waals surface area contributed by atoms with Crippen LogP contribution in [-0.4, -0.2) is 15.4 Å². The molecule has 3 rings (SSSR count). The van der Waals surface area contributed by atoms with Crippen LogP contribution in [0.2, 0.25) is 0 Å². The summed E-state index contributed by atoms with van der Waals surface area (Å²) in [6, 6.07) is 4.21. The Labute approximate surface area is 167 Å².